The van der Waals surface area contributed by atoms with Crippen molar-refractivity contribution >= 4 is 41.2 Å². The van der Waals surface area contributed by atoms with Gasteiger partial charge in [-0.1, -0.05) is 78.0 Å². The van der Waals surface area contributed by atoms with Gasteiger partial charge in [-0.2, -0.15) is 0 Å². The number of carbonyl (C=O) groups excluding carboxylic acids is 5. The minimum absolute atomic E-state index is 0.0230. The maximum atomic E-state index is 14.7. The van der Waals surface area contributed by atoms with Crippen LogP contribution >= 0.6 is 0 Å². The number of carbonyl (C=O) groups is 6. The summed E-state index contributed by atoms with van der Waals surface area (Å²) in [6.07, 6.45) is 2.26. The number of hydrogen-bond donors (Lipinski definition) is 6. The summed E-state index contributed by atoms with van der Waals surface area (Å²) >= 11 is 0. The number of aromatic nitrogens is 3. The van der Waals surface area contributed by atoms with Gasteiger partial charge in [0.25, 0.3) is 0 Å². The number of likely N-dealkylation sites (tertiary alicyclic amines) is 1. The number of aryl methyl sites for hydroxylation is 1. The number of hydrogen-bond acceptors (Lipinski definition) is 9. The minimum Gasteiger partial charge on any atom is -0.480 e. The Morgan fingerprint density at radius 1 is 0.895 bits per heavy atom. The van der Waals surface area contributed by atoms with Gasteiger partial charge >= 0.3 is 5.97 Å². The Bertz CT molecular complexity index is 2060. The van der Waals surface area contributed by atoms with E-state index in [4.69, 9.17) is 0 Å². The summed E-state index contributed by atoms with van der Waals surface area (Å²) in [6, 6.07) is 18.9. The second-order valence-corrected chi connectivity index (χ2v) is 14.4. The van der Waals surface area contributed by atoms with Crippen molar-refractivity contribution in [3.05, 3.63) is 114 Å². The average Bonchev–Trinajstić information content (AvgIpc) is 3.88. The molecule has 1 aromatic heterocycles. The first-order valence-corrected chi connectivity index (χ1v) is 19.0. The zero-order chi connectivity index (χ0) is 40.5. The van der Waals surface area contributed by atoms with Crippen molar-refractivity contribution in [3.8, 4) is 0 Å². The van der Waals surface area contributed by atoms with Gasteiger partial charge < -0.3 is 36.6 Å². The molecule has 0 radical (unpaired) electrons. The van der Waals surface area contributed by atoms with Crippen molar-refractivity contribution in [2.24, 2.45) is 0 Å². The second kappa shape index (κ2) is 18.5. The van der Waals surface area contributed by atoms with Crippen molar-refractivity contribution in [2.75, 3.05) is 18.9 Å². The number of amides is 5. The van der Waals surface area contributed by atoms with Gasteiger partial charge in [-0.05, 0) is 42.8 Å². The number of rotatable bonds is 9. The van der Waals surface area contributed by atoms with E-state index in [9.17, 15) is 33.9 Å². The number of likely N-dealkylation sites (N-methyl/N-ethyl adjacent to an activating group) is 1. The molecule has 6 N–H and O–H groups in total. The first-order chi connectivity index (χ1) is 27.5. The Morgan fingerprint density at radius 3 is 2.25 bits per heavy atom. The molecule has 6 bridgehead atoms. The van der Waals surface area contributed by atoms with E-state index in [1.165, 1.54) is 4.90 Å². The molecule has 1 fully saturated rings. The Hall–Kier alpha value is -6.42. The van der Waals surface area contributed by atoms with E-state index in [1.807, 2.05) is 36.4 Å². The predicted molar refractivity (Wildman–Crippen MR) is 209 cm³/mol. The van der Waals surface area contributed by atoms with Crippen LogP contribution in [0.4, 0.5) is 5.69 Å². The van der Waals surface area contributed by atoms with Crippen molar-refractivity contribution in [1.82, 2.24) is 41.2 Å². The minimum atomic E-state index is -1.35. The van der Waals surface area contributed by atoms with Crippen LogP contribution in [0.1, 0.15) is 48.2 Å². The molecule has 298 valence electrons. The van der Waals surface area contributed by atoms with Crippen molar-refractivity contribution < 1.29 is 33.9 Å². The summed E-state index contributed by atoms with van der Waals surface area (Å²) in [5.74, 6) is -3.82. The molecule has 0 aliphatic carbocycles. The van der Waals surface area contributed by atoms with E-state index in [2.05, 4.69) is 36.9 Å². The van der Waals surface area contributed by atoms with E-state index in [0.717, 1.165) is 5.56 Å². The molecule has 7 rings (SSSR count). The highest BCUT2D eigenvalue weighted by atomic mass is 16.4. The van der Waals surface area contributed by atoms with Gasteiger partial charge in [0.2, 0.25) is 29.5 Å². The first kappa shape index (κ1) is 40.2. The Labute approximate surface area is 329 Å². The number of carboxylic acids is 1. The predicted octanol–water partition coefficient (Wildman–Crippen LogP) is 1.18. The lowest BCUT2D eigenvalue weighted by Crippen LogP contribution is -2.58. The number of carboxylic acid groups (broad SMARTS) is 1. The summed E-state index contributed by atoms with van der Waals surface area (Å²) < 4.78 is 1.57. The topological polar surface area (TPSA) is 217 Å². The van der Waals surface area contributed by atoms with Gasteiger partial charge in [0.15, 0.2) is 0 Å². The summed E-state index contributed by atoms with van der Waals surface area (Å²) in [5, 5.41) is 32.8. The van der Waals surface area contributed by atoms with Gasteiger partial charge in [0.1, 0.15) is 24.2 Å². The Balaban J connectivity index is 1.36. The molecule has 4 aromatic rings. The average molecular weight is 778 g/mol. The quantitative estimate of drug-likeness (QED) is 0.143. The van der Waals surface area contributed by atoms with Crippen LogP contribution in [-0.4, -0.2) is 104 Å². The third-order valence-electron chi connectivity index (χ3n) is 10.3. The van der Waals surface area contributed by atoms with Gasteiger partial charge in [-0.15, -0.1) is 5.10 Å². The molecule has 6 unspecified atom stereocenters. The van der Waals surface area contributed by atoms with Crippen LogP contribution in [0, 0.1) is 0 Å². The molecule has 16 heteroatoms. The maximum Gasteiger partial charge on any atom is 0.326 e. The monoisotopic (exact) mass is 777 g/mol. The van der Waals surface area contributed by atoms with Crippen LogP contribution in [0.2, 0.25) is 0 Å². The van der Waals surface area contributed by atoms with Crippen LogP contribution < -0.4 is 26.6 Å². The number of benzene rings is 3. The van der Waals surface area contributed by atoms with E-state index >= 15 is 0 Å². The molecular weight excluding hydrogens is 731 g/mol. The fourth-order valence-electron chi connectivity index (χ4n) is 7.01. The van der Waals surface area contributed by atoms with Crippen LogP contribution in [0.25, 0.3) is 0 Å². The summed E-state index contributed by atoms with van der Waals surface area (Å²) in [6.45, 7) is 1.69. The van der Waals surface area contributed by atoms with Crippen molar-refractivity contribution in [3.63, 3.8) is 0 Å². The fraction of sp³-hybridized carbons (Fsp3) is 0.366. The van der Waals surface area contributed by atoms with E-state index in [1.54, 1.807) is 73.4 Å². The highest BCUT2D eigenvalue weighted by molar-refractivity contribution is 5.96. The number of anilines is 1. The molecule has 6 atom stereocenters. The molecule has 16 nitrogen and oxygen atoms in total. The number of aliphatic carboxylic acids is 1. The molecule has 1 saturated heterocycles. The molecule has 57 heavy (non-hydrogen) atoms. The van der Waals surface area contributed by atoms with E-state index in [-0.39, 0.29) is 51.0 Å². The van der Waals surface area contributed by atoms with Gasteiger partial charge in [-0.25, -0.2) is 9.48 Å². The second-order valence-electron chi connectivity index (χ2n) is 14.4. The Kier molecular flexibility index (Phi) is 13.0. The standard InChI is InChI=1S/C41H47N9O7/c1-25(42-2)37(52)45-33(20-27-11-7-4-8-12-27)40(55)49-24-31-22-35(49)39(54)44-32(19-26-9-5-3-6-10-26)38(53)46-34(41(56)57)21-28-13-15-29(16-14-28)43-36(51)18-17-30-23-50(31)48-47-30/h3-16,23,25,31-35,42H,17-22,24H2,1-2H3,(H,43,51)(H,44,54)(H,45,52)(H,46,53)(H,56,57). The third kappa shape index (κ3) is 10.5. The third-order valence-corrected chi connectivity index (χ3v) is 10.3. The number of nitrogens with zero attached hydrogens (tertiary/aromatic N) is 4. The first-order valence-electron chi connectivity index (χ1n) is 19.0. The van der Waals surface area contributed by atoms with Crippen LogP contribution in [0.5, 0.6) is 0 Å². The molecule has 3 aromatic carbocycles. The van der Waals surface area contributed by atoms with Crippen molar-refractivity contribution in [2.45, 2.75) is 81.7 Å². The lowest BCUT2D eigenvalue weighted by molar-refractivity contribution is -0.143. The molecule has 3 aliphatic rings. The van der Waals surface area contributed by atoms with Gasteiger partial charge in [-0.3, -0.25) is 24.0 Å². The smallest absolute Gasteiger partial charge is 0.326 e. The molecule has 4 heterocycles. The Morgan fingerprint density at radius 2 is 1.58 bits per heavy atom. The van der Waals surface area contributed by atoms with E-state index in [0.29, 0.717) is 22.5 Å². The molecule has 5 amide bonds. The van der Waals surface area contributed by atoms with Crippen LogP contribution in [0.15, 0.2) is 91.1 Å². The molecule has 0 spiro atoms. The van der Waals surface area contributed by atoms with Crippen LogP contribution in [0.3, 0.4) is 0 Å². The zero-order valence-corrected chi connectivity index (χ0v) is 31.8. The maximum absolute atomic E-state index is 14.7. The SMILES string of the molecule is CNC(C)C(=O)NC(Cc1ccccc1)C(=O)N1CC2CC1C(=O)NC(Cc1ccccc1)C(=O)NC(C(=O)O)Cc1ccc(cc1)NC(=O)CCc1cn2nn1. The molecule has 0 saturated carbocycles. The summed E-state index contributed by atoms with van der Waals surface area (Å²) in [4.78, 5) is 83.1. The largest absolute Gasteiger partial charge is 0.480 e. The highest BCUT2D eigenvalue weighted by Crippen LogP contribution is 2.29. The molecule has 3 aliphatic heterocycles. The van der Waals surface area contributed by atoms with E-state index < -0.39 is 65.8 Å². The fourth-order valence-corrected chi connectivity index (χ4v) is 7.01. The lowest BCUT2D eigenvalue weighted by Gasteiger charge is -2.30. The van der Waals surface area contributed by atoms with Gasteiger partial charge in [0.05, 0.1) is 17.8 Å². The summed E-state index contributed by atoms with van der Waals surface area (Å²) in [5.41, 5.74) is 3.15. The normalized spacial score (nSPS) is 21.3. The summed E-state index contributed by atoms with van der Waals surface area (Å²) in [7, 11) is 1.63. The van der Waals surface area contributed by atoms with Crippen molar-refractivity contribution in [1.29, 1.82) is 0 Å². The number of fused-ring (bicyclic) bond motifs is 11. The molecular formula is C41H47N9O7. The highest BCUT2D eigenvalue weighted by Gasteiger charge is 2.44. The number of nitrogens with one attached hydrogen (secondary N) is 5. The zero-order valence-electron chi connectivity index (χ0n) is 31.8. The van der Waals surface area contributed by atoms with Gasteiger partial charge in [0, 0.05) is 57.0 Å². The van der Waals surface area contributed by atoms with Crippen LogP contribution in [-0.2, 0) is 54.5 Å². The lowest BCUT2D eigenvalue weighted by atomic mass is 10.0.